The fraction of sp³-hybridized carbons (Fsp3) is 0.300. The first-order valence-electron chi connectivity index (χ1n) is 4.73. The average Bonchev–Trinajstić information content (AvgIpc) is 2.20. The Hall–Kier alpha value is -1.23. The lowest BCUT2D eigenvalue weighted by Crippen LogP contribution is -2.29. The fourth-order valence-electron chi connectivity index (χ4n) is 1.02. The molecule has 1 aromatic carbocycles. The van der Waals surface area contributed by atoms with Crippen molar-refractivity contribution in [3.05, 3.63) is 22.7 Å². The molecule has 0 heterocycles. The first-order valence-corrected chi connectivity index (χ1v) is 5.52. The van der Waals surface area contributed by atoms with Gasteiger partial charge in [-0.1, -0.05) is 6.92 Å². The van der Waals surface area contributed by atoms with Crippen molar-refractivity contribution >= 4 is 33.3 Å². The predicted molar refractivity (Wildman–Crippen MR) is 65.9 cm³/mol. The molecular formula is C10H14BrN3O. The van der Waals surface area contributed by atoms with Gasteiger partial charge in [-0.3, -0.25) is 0 Å². The minimum atomic E-state index is -0.200. The molecular weight excluding hydrogens is 258 g/mol. The Kier molecular flexibility index (Phi) is 4.42. The lowest BCUT2D eigenvalue weighted by Gasteiger charge is -2.07. The summed E-state index contributed by atoms with van der Waals surface area (Å²) in [6.07, 6.45) is 0.916. The van der Waals surface area contributed by atoms with Crippen LogP contribution in [0.2, 0.25) is 0 Å². The van der Waals surface area contributed by atoms with Crippen LogP contribution in [-0.2, 0) is 0 Å². The molecule has 0 spiro atoms. The van der Waals surface area contributed by atoms with E-state index < -0.39 is 0 Å². The van der Waals surface area contributed by atoms with Gasteiger partial charge in [-0.15, -0.1) is 0 Å². The van der Waals surface area contributed by atoms with E-state index in [4.69, 9.17) is 5.73 Å². The van der Waals surface area contributed by atoms with Crippen molar-refractivity contribution in [1.29, 1.82) is 0 Å². The molecule has 15 heavy (non-hydrogen) atoms. The maximum absolute atomic E-state index is 11.3. The molecule has 1 aromatic rings. The standard InChI is InChI=1S/C10H14BrN3O/c1-2-5-13-10(15)14-7-3-4-9(12)8(11)6-7/h3-4,6H,2,5,12H2,1H3,(H2,13,14,15). The molecule has 0 saturated carbocycles. The number of hydrogen-bond donors (Lipinski definition) is 3. The van der Waals surface area contributed by atoms with Gasteiger partial charge in [0, 0.05) is 22.4 Å². The Bertz CT molecular complexity index is 355. The van der Waals surface area contributed by atoms with Crippen LogP contribution in [0.1, 0.15) is 13.3 Å². The second-order valence-electron chi connectivity index (χ2n) is 3.12. The number of benzene rings is 1. The second-order valence-corrected chi connectivity index (χ2v) is 3.97. The van der Waals surface area contributed by atoms with Gasteiger partial charge < -0.3 is 16.4 Å². The lowest BCUT2D eigenvalue weighted by atomic mass is 10.3. The Labute approximate surface area is 97.4 Å². The molecule has 0 aromatic heterocycles. The zero-order chi connectivity index (χ0) is 11.3. The minimum Gasteiger partial charge on any atom is -0.398 e. The number of nitrogen functional groups attached to an aromatic ring is 1. The predicted octanol–water partition coefficient (Wildman–Crippen LogP) is 2.56. The van der Waals surface area contributed by atoms with Crippen LogP contribution < -0.4 is 16.4 Å². The van der Waals surface area contributed by atoms with Crippen molar-refractivity contribution in [1.82, 2.24) is 5.32 Å². The van der Waals surface area contributed by atoms with Gasteiger partial charge in [-0.25, -0.2) is 4.79 Å². The Balaban J connectivity index is 2.57. The van der Waals surface area contributed by atoms with Crippen LogP contribution in [0, 0.1) is 0 Å². The molecule has 4 nitrogen and oxygen atoms in total. The molecule has 0 fully saturated rings. The van der Waals surface area contributed by atoms with E-state index in [9.17, 15) is 4.79 Å². The first-order chi connectivity index (χ1) is 7.13. The molecule has 2 amide bonds. The molecule has 82 valence electrons. The van der Waals surface area contributed by atoms with E-state index in [0.717, 1.165) is 10.9 Å². The van der Waals surface area contributed by atoms with Crippen LogP contribution in [0.5, 0.6) is 0 Å². The van der Waals surface area contributed by atoms with Crippen molar-refractivity contribution in [3.63, 3.8) is 0 Å². The first kappa shape index (κ1) is 11.8. The van der Waals surface area contributed by atoms with E-state index in [0.29, 0.717) is 17.9 Å². The molecule has 0 radical (unpaired) electrons. The van der Waals surface area contributed by atoms with E-state index >= 15 is 0 Å². The van der Waals surface area contributed by atoms with Crippen LogP contribution >= 0.6 is 15.9 Å². The third-order valence-corrected chi connectivity index (χ3v) is 2.48. The average molecular weight is 272 g/mol. The number of urea groups is 1. The van der Waals surface area contributed by atoms with Gasteiger partial charge in [0.1, 0.15) is 0 Å². The molecule has 0 atom stereocenters. The van der Waals surface area contributed by atoms with Gasteiger partial charge in [0.2, 0.25) is 0 Å². The fourth-order valence-corrected chi connectivity index (χ4v) is 1.40. The van der Waals surface area contributed by atoms with E-state index in [1.807, 2.05) is 6.92 Å². The minimum absolute atomic E-state index is 0.200. The number of nitrogens with one attached hydrogen (secondary N) is 2. The summed E-state index contributed by atoms with van der Waals surface area (Å²) in [7, 11) is 0. The largest absolute Gasteiger partial charge is 0.398 e. The zero-order valence-corrected chi connectivity index (χ0v) is 10.1. The quantitative estimate of drug-likeness (QED) is 0.740. The molecule has 5 heteroatoms. The summed E-state index contributed by atoms with van der Waals surface area (Å²) in [5, 5.41) is 5.43. The molecule has 0 aliphatic heterocycles. The van der Waals surface area contributed by atoms with Crippen molar-refractivity contribution in [2.75, 3.05) is 17.6 Å². The zero-order valence-electron chi connectivity index (χ0n) is 8.51. The topological polar surface area (TPSA) is 67.2 Å². The third kappa shape index (κ3) is 3.79. The van der Waals surface area contributed by atoms with E-state index in [1.54, 1.807) is 18.2 Å². The molecule has 0 aliphatic rings. The SMILES string of the molecule is CCCNC(=O)Nc1ccc(N)c(Br)c1. The third-order valence-electron chi connectivity index (χ3n) is 1.79. The number of anilines is 2. The maximum atomic E-state index is 11.3. The van der Waals surface area contributed by atoms with E-state index in [2.05, 4.69) is 26.6 Å². The van der Waals surface area contributed by atoms with Crippen molar-refractivity contribution in [2.45, 2.75) is 13.3 Å². The van der Waals surface area contributed by atoms with Gasteiger partial charge in [0.25, 0.3) is 0 Å². The number of carbonyl (C=O) groups is 1. The molecule has 0 saturated heterocycles. The van der Waals surface area contributed by atoms with Crippen LogP contribution in [-0.4, -0.2) is 12.6 Å². The molecule has 0 aliphatic carbocycles. The Morgan fingerprint density at radius 1 is 1.53 bits per heavy atom. The highest BCUT2D eigenvalue weighted by molar-refractivity contribution is 9.10. The maximum Gasteiger partial charge on any atom is 0.319 e. The van der Waals surface area contributed by atoms with E-state index in [1.165, 1.54) is 0 Å². The van der Waals surface area contributed by atoms with Gasteiger partial charge in [-0.05, 0) is 40.5 Å². The van der Waals surface area contributed by atoms with Crippen molar-refractivity contribution in [3.8, 4) is 0 Å². The summed E-state index contributed by atoms with van der Waals surface area (Å²) in [6.45, 7) is 2.67. The highest BCUT2D eigenvalue weighted by Gasteiger charge is 2.02. The van der Waals surface area contributed by atoms with Gasteiger partial charge in [-0.2, -0.15) is 0 Å². The summed E-state index contributed by atoms with van der Waals surface area (Å²) in [5.41, 5.74) is 6.98. The highest BCUT2D eigenvalue weighted by Crippen LogP contribution is 2.22. The number of carbonyl (C=O) groups excluding carboxylic acids is 1. The molecule has 0 unspecified atom stereocenters. The summed E-state index contributed by atoms with van der Waals surface area (Å²) in [6, 6.07) is 5.06. The van der Waals surface area contributed by atoms with Crippen LogP contribution in [0.15, 0.2) is 22.7 Å². The van der Waals surface area contributed by atoms with Crippen LogP contribution in [0.3, 0.4) is 0 Å². The van der Waals surface area contributed by atoms with Crippen molar-refractivity contribution < 1.29 is 4.79 Å². The Morgan fingerprint density at radius 3 is 2.87 bits per heavy atom. The van der Waals surface area contributed by atoms with Gasteiger partial charge in [0.05, 0.1) is 0 Å². The number of halogens is 1. The summed E-state index contributed by atoms with van der Waals surface area (Å²) >= 11 is 3.29. The highest BCUT2D eigenvalue weighted by atomic mass is 79.9. The second kappa shape index (κ2) is 5.60. The summed E-state index contributed by atoms with van der Waals surface area (Å²) in [5.74, 6) is 0. The molecule has 1 rings (SSSR count). The number of nitrogens with two attached hydrogens (primary N) is 1. The summed E-state index contributed by atoms with van der Waals surface area (Å²) < 4.78 is 0.774. The van der Waals surface area contributed by atoms with Crippen LogP contribution in [0.25, 0.3) is 0 Å². The number of amides is 2. The smallest absolute Gasteiger partial charge is 0.319 e. The monoisotopic (exact) mass is 271 g/mol. The molecule has 0 bridgehead atoms. The van der Waals surface area contributed by atoms with Gasteiger partial charge in [0.15, 0.2) is 0 Å². The lowest BCUT2D eigenvalue weighted by molar-refractivity contribution is 0.252. The number of rotatable bonds is 3. The van der Waals surface area contributed by atoms with Crippen molar-refractivity contribution in [2.24, 2.45) is 0 Å². The Morgan fingerprint density at radius 2 is 2.27 bits per heavy atom. The number of hydrogen-bond acceptors (Lipinski definition) is 2. The normalized spacial score (nSPS) is 9.73. The molecule has 4 N–H and O–H groups in total. The van der Waals surface area contributed by atoms with E-state index in [-0.39, 0.29) is 6.03 Å². The van der Waals surface area contributed by atoms with Gasteiger partial charge >= 0.3 is 6.03 Å². The van der Waals surface area contributed by atoms with Crippen LogP contribution in [0.4, 0.5) is 16.2 Å². The summed E-state index contributed by atoms with van der Waals surface area (Å²) in [4.78, 5) is 11.3.